The number of benzene rings is 1. The summed E-state index contributed by atoms with van der Waals surface area (Å²) >= 11 is 0. The zero-order valence-corrected chi connectivity index (χ0v) is 10.7. The fraction of sp³-hybridized carbons (Fsp3) is 0.429. The van der Waals surface area contributed by atoms with Crippen molar-refractivity contribution < 1.29 is 4.79 Å². The minimum atomic E-state index is 0.0473. The summed E-state index contributed by atoms with van der Waals surface area (Å²) in [6.07, 6.45) is 2.18. The van der Waals surface area contributed by atoms with E-state index in [4.69, 9.17) is 5.26 Å². The molecule has 1 fully saturated rings. The predicted octanol–water partition coefficient (Wildman–Crippen LogP) is 1.70. The van der Waals surface area contributed by atoms with Crippen LogP contribution in [0.2, 0.25) is 0 Å². The minimum Gasteiger partial charge on any atom is -0.332 e. The first-order valence-corrected chi connectivity index (χ1v) is 6.17. The molecule has 0 N–H and O–H groups in total. The fourth-order valence-electron chi connectivity index (χ4n) is 2.32. The van der Waals surface area contributed by atoms with E-state index in [0.29, 0.717) is 18.7 Å². The Bertz CT molecular complexity index is 466. The molecule has 1 heterocycles. The van der Waals surface area contributed by atoms with E-state index in [1.807, 2.05) is 49.1 Å². The lowest BCUT2D eigenvalue weighted by molar-refractivity contribution is 0.0434. The molecule has 1 aliphatic rings. The van der Waals surface area contributed by atoms with Crippen molar-refractivity contribution in [1.82, 2.24) is 9.80 Å². The molecule has 18 heavy (non-hydrogen) atoms. The molecule has 2 atom stereocenters. The van der Waals surface area contributed by atoms with Crippen LogP contribution in [0.25, 0.3) is 0 Å². The van der Waals surface area contributed by atoms with Gasteiger partial charge < -0.3 is 9.80 Å². The van der Waals surface area contributed by atoms with Gasteiger partial charge in [0, 0.05) is 18.7 Å². The van der Waals surface area contributed by atoms with E-state index in [9.17, 15) is 4.79 Å². The van der Waals surface area contributed by atoms with Crippen molar-refractivity contribution >= 4 is 5.91 Å². The van der Waals surface area contributed by atoms with Crippen molar-refractivity contribution in [2.75, 3.05) is 13.1 Å². The first-order valence-electron chi connectivity index (χ1n) is 6.17. The number of carbonyl (C=O) groups excluding carboxylic acids is 1. The summed E-state index contributed by atoms with van der Waals surface area (Å²) in [6, 6.07) is 9.41. The molecule has 94 valence electrons. The maximum Gasteiger partial charge on any atom is 0.254 e. The molecule has 1 aromatic carbocycles. The van der Waals surface area contributed by atoms with E-state index in [1.165, 1.54) is 0 Å². The van der Waals surface area contributed by atoms with Gasteiger partial charge in [-0.25, -0.2) is 0 Å². The van der Waals surface area contributed by atoms with Crippen LogP contribution >= 0.6 is 0 Å². The molecule has 0 bridgehead atoms. The van der Waals surface area contributed by atoms with Crippen LogP contribution in [0.3, 0.4) is 0 Å². The second kappa shape index (κ2) is 5.09. The highest BCUT2D eigenvalue weighted by Gasteiger charge is 2.33. The SMILES string of the molecule is CC1[C@@H](C)N(C#N)CCN1C(=O)c1ccccc1. The van der Waals surface area contributed by atoms with Gasteiger partial charge in [-0.05, 0) is 26.0 Å². The van der Waals surface area contributed by atoms with Crippen molar-refractivity contribution in [3.63, 3.8) is 0 Å². The Morgan fingerprint density at radius 1 is 1.22 bits per heavy atom. The Morgan fingerprint density at radius 3 is 2.50 bits per heavy atom. The zero-order valence-electron chi connectivity index (χ0n) is 10.7. The maximum absolute atomic E-state index is 12.4. The molecule has 0 saturated carbocycles. The molecule has 4 nitrogen and oxygen atoms in total. The van der Waals surface area contributed by atoms with Gasteiger partial charge in [-0.15, -0.1) is 0 Å². The van der Waals surface area contributed by atoms with Crippen LogP contribution in [0.5, 0.6) is 0 Å². The number of piperazine rings is 1. The third kappa shape index (κ3) is 2.17. The van der Waals surface area contributed by atoms with Crippen LogP contribution in [-0.4, -0.2) is 40.9 Å². The zero-order chi connectivity index (χ0) is 13.1. The highest BCUT2D eigenvalue weighted by atomic mass is 16.2. The van der Waals surface area contributed by atoms with Crippen LogP contribution < -0.4 is 0 Å². The quantitative estimate of drug-likeness (QED) is 0.705. The lowest BCUT2D eigenvalue weighted by Gasteiger charge is -2.42. The normalized spacial score (nSPS) is 23.6. The molecular formula is C14H17N3O. The molecule has 1 aliphatic heterocycles. The van der Waals surface area contributed by atoms with Crippen LogP contribution in [0.15, 0.2) is 30.3 Å². The monoisotopic (exact) mass is 243 g/mol. The predicted molar refractivity (Wildman–Crippen MR) is 68.7 cm³/mol. The summed E-state index contributed by atoms with van der Waals surface area (Å²) in [5, 5.41) is 8.99. The second-order valence-electron chi connectivity index (χ2n) is 4.64. The molecule has 1 amide bonds. The van der Waals surface area contributed by atoms with Crippen molar-refractivity contribution in [1.29, 1.82) is 5.26 Å². The fourth-order valence-corrected chi connectivity index (χ4v) is 2.32. The average Bonchev–Trinajstić information content (AvgIpc) is 2.42. The molecule has 4 heteroatoms. The summed E-state index contributed by atoms with van der Waals surface area (Å²) in [4.78, 5) is 16.0. The number of hydrogen-bond donors (Lipinski definition) is 0. The Hall–Kier alpha value is -2.02. The van der Waals surface area contributed by atoms with Crippen molar-refractivity contribution in [3.05, 3.63) is 35.9 Å². The summed E-state index contributed by atoms with van der Waals surface area (Å²) in [5.41, 5.74) is 0.710. The molecule has 0 aliphatic carbocycles. The van der Waals surface area contributed by atoms with Gasteiger partial charge in [-0.2, -0.15) is 5.26 Å². The Labute approximate surface area is 107 Å². The Balaban J connectivity index is 2.16. The lowest BCUT2D eigenvalue weighted by Crippen LogP contribution is -2.57. The highest BCUT2D eigenvalue weighted by molar-refractivity contribution is 5.94. The van der Waals surface area contributed by atoms with Crippen molar-refractivity contribution in [3.8, 4) is 6.19 Å². The summed E-state index contributed by atoms with van der Waals surface area (Å²) in [5.74, 6) is 0.0486. The number of nitrogens with zero attached hydrogens (tertiary/aromatic N) is 3. The number of nitriles is 1. The van der Waals surface area contributed by atoms with E-state index >= 15 is 0 Å². The largest absolute Gasteiger partial charge is 0.332 e. The third-order valence-electron chi connectivity index (χ3n) is 3.67. The van der Waals surface area contributed by atoms with Gasteiger partial charge in [0.25, 0.3) is 5.91 Å². The first kappa shape index (κ1) is 12.4. The molecular weight excluding hydrogens is 226 g/mol. The highest BCUT2D eigenvalue weighted by Crippen LogP contribution is 2.18. The van der Waals surface area contributed by atoms with Gasteiger partial charge in [-0.1, -0.05) is 18.2 Å². The van der Waals surface area contributed by atoms with Gasteiger partial charge in [0.15, 0.2) is 6.19 Å². The molecule has 1 aromatic rings. The number of carbonyl (C=O) groups is 1. The van der Waals surface area contributed by atoms with Crippen LogP contribution in [0.4, 0.5) is 0 Å². The smallest absolute Gasteiger partial charge is 0.254 e. The molecule has 0 aromatic heterocycles. The number of amides is 1. The van der Waals surface area contributed by atoms with Gasteiger partial charge in [0.05, 0.1) is 12.1 Å². The van der Waals surface area contributed by atoms with Gasteiger partial charge in [0.2, 0.25) is 0 Å². The van der Waals surface area contributed by atoms with Gasteiger partial charge in [0.1, 0.15) is 0 Å². The third-order valence-corrected chi connectivity index (χ3v) is 3.67. The standard InChI is InChI=1S/C14H17N3O/c1-11-12(2)17(9-8-16(11)10-15)14(18)13-6-4-3-5-7-13/h3-7,11-12H,8-9H2,1-2H3/t11-,12?/m1/s1. The van der Waals surface area contributed by atoms with Gasteiger partial charge >= 0.3 is 0 Å². The van der Waals surface area contributed by atoms with E-state index in [-0.39, 0.29) is 18.0 Å². The molecule has 0 radical (unpaired) electrons. The molecule has 2 rings (SSSR count). The second-order valence-corrected chi connectivity index (χ2v) is 4.64. The molecule has 0 spiro atoms. The van der Waals surface area contributed by atoms with Gasteiger partial charge in [-0.3, -0.25) is 4.79 Å². The van der Waals surface area contributed by atoms with E-state index in [0.717, 1.165) is 0 Å². The first-order chi connectivity index (χ1) is 8.65. The van der Waals surface area contributed by atoms with Crippen LogP contribution in [-0.2, 0) is 0 Å². The minimum absolute atomic E-state index is 0.0473. The molecule has 1 unspecified atom stereocenters. The number of rotatable bonds is 1. The summed E-state index contributed by atoms with van der Waals surface area (Å²) in [7, 11) is 0. The Kier molecular flexibility index (Phi) is 3.52. The topological polar surface area (TPSA) is 47.3 Å². The number of hydrogen-bond acceptors (Lipinski definition) is 3. The van der Waals surface area contributed by atoms with E-state index < -0.39 is 0 Å². The maximum atomic E-state index is 12.4. The molecule has 1 saturated heterocycles. The lowest BCUT2D eigenvalue weighted by atomic mass is 10.0. The van der Waals surface area contributed by atoms with E-state index in [1.54, 1.807) is 4.90 Å². The van der Waals surface area contributed by atoms with Crippen molar-refractivity contribution in [2.24, 2.45) is 0 Å². The Morgan fingerprint density at radius 2 is 1.89 bits per heavy atom. The van der Waals surface area contributed by atoms with E-state index in [2.05, 4.69) is 6.19 Å². The average molecular weight is 243 g/mol. The van der Waals surface area contributed by atoms with Crippen molar-refractivity contribution in [2.45, 2.75) is 25.9 Å². The van der Waals surface area contributed by atoms with Crippen LogP contribution in [0, 0.1) is 11.5 Å². The summed E-state index contributed by atoms with van der Waals surface area (Å²) in [6.45, 7) is 5.20. The van der Waals surface area contributed by atoms with Crippen LogP contribution in [0.1, 0.15) is 24.2 Å². The summed E-state index contributed by atoms with van der Waals surface area (Å²) < 4.78 is 0.